The van der Waals surface area contributed by atoms with Gasteiger partial charge in [-0.2, -0.15) is 0 Å². The van der Waals surface area contributed by atoms with Gasteiger partial charge in [-0.25, -0.2) is 4.98 Å². The summed E-state index contributed by atoms with van der Waals surface area (Å²) in [5.74, 6) is 0.988. The van der Waals surface area contributed by atoms with Crippen molar-refractivity contribution < 1.29 is 0 Å². The maximum absolute atomic E-state index is 12.5. The van der Waals surface area contributed by atoms with E-state index in [0.717, 1.165) is 68.9 Å². The fraction of sp³-hybridized carbons (Fsp3) is 0.391. The summed E-state index contributed by atoms with van der Waals surface area (Å²) in [5, 5.41) is 1.89. The lowest BCUT2D eigenvalue weighted by molar-refractivity contribution is 0.249. The molecule has 3 aromatic rings. The molecule has 1 saturated heterocycles. The van der Waals surface area contributed by atoms with Crippen LogP contribution < -0.4 is 10.5 Å². The number of fused-ring (bicyclic) bond motifs is 3. The van der Waals surface area contributed by atoms with Gasteiger partial charge in [0.1, 0.15) is 5.82 Å². The van der Waals surface area contributed by atoms with Crippen molar-refractivity contribution in [2.45, 2.75) is 32.2 Å². The summed E-state index contributed by atoms with van der Waals surface area (Å²) < 4.78 is 0. The van der Waals surface area contributed by atoms with Gasteiger partial charge < -0.3 is 9.88 Å². The van der Waals surface area contributed by atoms with Crippen molar-refractivity contribution in [2.75, 3.05) is 31.1 Å². The molecule has 1 fully saturated rings. The molecule has 1 N–H and O–H groups in total. The Morgan fingerprint density at radius 1 is 0.968 bits per heavy atom. The van der Waals surface area contributed by atoms with E-state index in [1.54, 1.807) is 6.20 Å². The molecule has 8 heteroatoms. The molecule has 0 spiro atoms. The molecule has 1 aliphatic carbocycles. The number of nitrogens with zero attached hydrogens (tertiary/aromatic N) is 3. The molecule has 0 saturated carbocycles. The van der Waals surface area contributed by atoms with Crippen LogP contribution in [0.1, 0.15) is 29.5 Å². The fourth-order valence-electron chi connectivity index (χ4n) is 4.66. The van der Waals surface area contributed by atoms with E-state index in [0.29, 0.717) is 5.02 Å². The van der Waals surface area contributed by atoms with Crippen LogP contribution >= 0.6 is 36.4 Å². The van der Waals surface area contributed by atoms with E-state index in [4.69, 9.17) is 11.6 Å². The van der Waals surface area contributed by atoms with Crippen LogP contribution in [0.25, 0.3) is 10.9 Å². The molecule has 31 heavy (non-hydrogen) atoms. The predicted molar refractivity (Wildman–Crippen MR) is 132 cm³/mol. The Kier molecular flexibility index (Phi) is 7.87. The van der Waals surface area contributed by atoms with Gasteiger partial charge in [0, 0.05) is 55.4 Å². The average Bonchev–Trinajstić information content (AvgIpc) is 2.75. The van der Waals surface area contributed by atoms with E-state index in [2.05, 4.69) is 38.0 Å². The summed E-state index contributed by atoms with van der Waals surface area (Å²) >= 11 is 5.94. The number of aromatic amines is 1. The van der Waals surface area contributed by atoms with Crippen LogP contribution in [-0.2, 0) is 19.4 Å². The van der Waals surface area contributed by atoms with E-state index < -0.39 is 0 Å². The molecule has 166 valence electrons. The van der Waals surface area contributed by atoms with Gasteiger partial charge >= 0.3 is 0 Å². The van der Waals surface area contributed by atoms with Gasteiger partial charge in [0.2, 0.25) is 0 Å². The average molecular weight is 482 g/mol. The van der Waals surface area contributed by atoms with E-state index in [1.165, 1.54) is 22.9 Å². The first kappa shape index (κ1) is 23.9. The first-order valence-electron chi connectivity index (χ1n) is 10.4. The maximum Gasteiger partial charge on any atom is 0.251 e. The highest BCUT2D eigenvalue weighted by Gasteiger charge is 2.19. The van der Waals surface area contributed by atoms with Crippen molar-refractivity contribution >= 4 is 53.1 Å². The molecule has 0 amide bonds. The fourth-order valence-corrected chi connectivity index (χ4v) is 4.77. The summed E-state index contributed by atoms with van der Waals surface area (Å²) in [5.41, 5.74) is 4.61. The number of hydrogen-bond donors (Lipinski definition) is 1. The summed E-state index contributed by atoms with van der Waals surface area (Å²) in [4.78, 5) is 24.8. The first-order valence-corrected chi connectivity index (χ1v) is 10.8. The van der Waals surface area contributed by atoms with Gasteiger partial charge in [-0.05, 0) is 55.0 Å². The van der Waals surface area contributed by atoms with Crippen molar-refractivity contribution in [1.29, 1.82) is 0 Å². The Morgan fingerprint density at radius 3 is 2.42 bits per heavy atom. The number of halogens is 3. The third kappa shape index (κ3) is 5.01. The van der Waals surface area contributed by atoms with Crippen molar-refractivity contribution in [3.8, 4) is 0 Å². The Labute approximate surface area is 199 Å². The number of piperazine rings is 1. The van der Waals surface area contributed by atoms with Crippen LogP contribution in [0.5, 0.6) is 0 Å². The van der Waals surface area contributed by atoms with Crippen LogP contribution in [0.15, 0.2) is 41.3 Å². The Hall–Kier alpha value is -1.79. The number of nitrogens with one attached hydrogen (secondary N) is 1. The number of pyridine rings is 2. The number of anilines is 1. The SMILES string of the molecule is Cl.Cl.O=c1[nH]c2cc(CN3CCN(c4ccc(Cl)cn4)CC3)ccc2c2c1CCCC2. The highest BCUT2D eigenvalue weighted by Crippen LogP contribution is 2.26. The summed E-state index contributed by atoms with van der Waals surface area (Å²) in [7, 11) is 0. The van der Waals surface area contributed by atoms with Gasteiger partial charge in [-0.15, -0.1) is 24.8 Å². The van der Waals surface area contributed by atoms with Crippen LogP contribution in [-0.4, -0.2) is 41.0 Å². The molecule has 5 rings (SSSR count). The van der Waals surface area contributed by atoms with Gasteiger partial charge in [0.15, 0.2) is 0 Å². The quantitative estimate of drug-likeness (QED) is 0.593. The smallest absolute Gasteiger partial charge is 0.251 e. The second kappa shape index (κ2) is 10.2. The second-order valence-electron chi connectivity index (χ2n) is 8.10. The molecular weight excluding hydrogens is 455 g/mol. The zero-order chi connectivity index (χ0) is 19.8. The number of aryl methyl sites for hydroxylation is 1. The zero-order valence-corrected chi connectivity index (χ0v) is 19.7. The summed E-state index contributed by atoms with van der Waals surface area (Å²) in [6.07, 6.45) is 5.94. The van der Waals surface area contributed by atoms with Gasteiger partial charge in [0.25, 0.3) is 5.56 Å². The first-order chi connectivity index (χ1) is 14.2. The number of benzene rings is 1. The van der Waals surface area contributed by atoms with E-state index in [1.807, 2.05) is 12.1 Å². The minimum Gasteiger partial charge on any atom is -0.354 e. The summed E-state index contributed by atoms with van der Waals surface area (Å²) in [6.45, 7) is 4.78. The maximum atomic E-state index is 12.5. The van der Waals surface area contributed by atoms with E-state index in [-0.39, 0.29) is 30.4 Å². The highest BCUT2D eigenvalue weighted by atomic mass is 35.5. The second-order valence-corrected chi connectivity index (χ2v) is 8.53. The molecule has 1 aliphatic heterocycles. The molecule has 3 heterocycles. The third-order valence-corrected chi connectivity index (χ3v) is 6.44. The largest absolute Gasteiger partial charge is 0.354 e. The number of rotatable bonds is 3. The van der Waals surface area contributed by atoms with Crippen molar-refractivity contribution in [3.63, 3.8) is 0 Å². The van der Waals surface area contributed by atoms with Crippen LogP contribution in [0.2, 0.25) is 5.02 Å². The van der Waals surface area contributed by atoms with Crippen LogP contribution in [0, 0.1) is 0 Å². The third-order valence-electron chi connectivity index (χ3n) is 6.21. The lowest BCUT2D eigenvalue weighted by atomic mass is 9.89. The number of aromatic nitrogens is 2. The van der Waals surface area contributed by atoms with Gasteiger partial charge in [0.05, 0.1) is 5.02 Å². The van der Waals surface area contributed by atoms with Crippen molar-refractivity contribution in [2.24, 2.45) is 0 Å². The molecule has 0 atom stereocenters. The Balaban J connectivity index is 0.00000136. The topological polar surface area (TPSA) is 52.2 Å². The van der Waals surface area contributed by atoms with Crippen molar-refractivity contribution in [1.82, 2.24) is 14.9 Å². The summed E-state index contributed by atoms with van der Waals surface area (Å²) in [6, 6.07) is 10.5. The molecule has 0 unspecified atom stereocenters. The van der Waals surface area contributed by atoms with Crippen LogP contribution in [0.3, 0.4) is 0 Å². The molecule has 5 nitrogen and oxygen atoms in total. The van der Waals surface area contributed by atoms with Crippen LogP contribution in [0.4, 0.5) is 5.82 Å². The minimum absolute atomic E-state index is 0. The van der Waals surface area contributed by atoms with E-state index >= 15 is 0 Å². The molecule has 1 aromatic carbocycles. The molecular formula is C23H27Cl3N4O. The normalized spacial score (nSPS) is 16.4. The molecule has 2 aromatic heterocycles. The molecule has 0 radical (unpaired) electrons. The number of hydrogen-bond acceptors (Lipinski definition) is 4. The Morgan fingerprint density at radius 2 is 1.71 bits per heavy atom. The van der Waals surface area contributed by atoms with E-state index in [9.17, 15) is 4.79 Å². The Bertz CT molecular complexity index is 1090. The lowest BCUT2D eigenvalue weighted by Crippen LogP contribution is -2.46. The molecule has 0 bridgehead atoms. The van der Waals surface area contributed by atoms with Gasteiger partial charge in [-0.3, -0.25) is 9.69 Å². The molecule has 2 aliphatic rings. The monoisotopic (exact) mass is 480 g/mol. The van der Waals surface area contributed by atoms with Gasteiger partial charge in [-0.1, -0.05) is 23.7 Å². The predicted octanol–water partition coefficient (Wildman–Crippen LogP) is 4.62. The minimum atomic E-state index is 0. The zero-order valence-electron chi connectivity index (χ0n) is 17.3. The lowest BCUT2D eigenvalue weighted by Gasteiger charge is -2.35. The highest BCUT2D eigenvalue weighted by molar-refractivity contribution is 6.30. The number of H-pyrrole nitrogens is 1. The standard InChI is InChI=1S/C23H25ClN4O.2ClH/c24-17-6-8-22(25-14-17)28-11-9-27(10-12-28)15-16-5-7-19-18-3-1-2-4-20(18)23(29)26-21(19)13-16;;/h5-8,13-14H,1-4,9-12,15H2,(H,26,29);2*1H. The van der Waals surface area contributed by atoms with Crippen molar-refractivity contribution in [3.05, 3.63) is 68.6 Å².